The zero-order valence-electron chi connectivity index (χ0n) is 25.3. The molecule has 43 heavy (non-hydrogen) atoms. The summed E-state index contributed by atoms with van der Waals surface area (Å²) < 4.78 is 34.3. The molecule has 0 spiro atoms. The van der Waals surface area contributed by atoms with E-state index < -0.39 is 15.6 Å². The third-order valence-electron chi connectivity index (χ3n) is 9.22. The number of ether oxygens (including phenoxy) is 1. The van der Waals surface area contributed by atoms with Crippen molar-refractivity contribution in [2.75, 3.05) is 26.0 Å². The number of aromatic nitrogens is 1. The molecule has 1 aromatic heterocycles. The van der Waals surface area contributed by atoms with E-state index in [4.69, 9.17) is 4.74 Å². The number of sulfonamides is 1. The fourth-order valence-electron chi connectivity index (χ4n) is 7.19. The lowest BCUT2D eigenvalue weighted by atomic mass is 9.81. The Bertz CT molecular complexity index is 1650. The number of carbonyl (C=O) groups excluding carboxylic acids is 2. The van der Waals surface area contributed by atoms with Crippen LogP contribution in [0.25, 0.3) is 22.2 Å². The Morgan fingerprint density at radius 1 is 0.953 bits per heavy atom. The summed E-state index contributed by atoms with van der Waals surface area (Å²) in [5, 5.41) is 4.18. The van der Waals surface area contributed by atoms with E-state index in [0.29, 0.717) is 50.6 Å². The van der Waals surface area contributed by atoms with Gasteiger partial charge in [0.1, 0.15) is 17.9 Å². The van der Waals surface area contributed by atoms with Gasteiger partial charge in [0.05, 0.1) is 18.5 Å². The van der Waals surface area contributed by atoms with E-state index >= 15 is 0 Å². The average molecular weight is 607 g/mol. The van der Waals surface area contributed by atoms with Gasteiger partial charge in [-0.25, -0.2) is 13.1 Å². The molecule has 0 radical (unpaired) electrons. The molecule has 0 atom stereocenters. The Morgan fingerprint density at radius 2 is 1.67 bits per heavy atom. The van der Waals surface area contributed by atoms with E-state index in [9.17, 15) is 18.0 Å². The Morgan fingerprint density at radius 3 is 2.40 bits per heavy atom. The minimum Gasteiger partial charge on any atom is -0.491 e. The summed E-state index contributed by atoms with van der Waals surface area (Å²) in [5.74, 6) is 0.890. The first-order chi connectivity index (χ1) is 20.5. The van der Waals surface area contributed by atoms with Crippen LogP contribution in [0.5, 0.6) is 5.75 Å². The molecule has 6 rings (SSSR count). The fourth-order valence-corrected chi connectivity index (χ4v) is 8.03. The largest absolute Gasteiger partial charge is 0.491 e. The van der Waals surface area contributed by atoms with E-state index in [2.05, 4.69) is 32.8 Å². The molecule has 230 valence electrons. The van der Waals surface area contributed by atoms with Gasteiger partial charge in [0.15, 0.2) is 0 Å². The van der Waals surface area contributed by atoms with E-state index in [1.54, 1.807) is 18.7 Å². The van der Waals surface area contributed by atoms with Gasteiger partial charge < -0.3 is 19.5 Å². The lowest BCUT2D eigenvalue weighted by molar-refractivity contribution is -0.137. The number of rotatable bonds is 6. The maximum absolute atomic E-state index is 13.7. The maximum Gasteiger partial charge on any atom is 0.252 e. The fraction of sp³-hybridized carbons (Fsp3) is 0.515. The molecule has 2 amide bonds. The molecule has 2 N–H and O–H groups in total. The number of amides is 2. The number of nitrogens with zero attached hydrogens (tertiary/aromatic N) is 2. The number of likely N-dealkylation sites (tertiary alicyclic amines) is 1. The lowest BCUT2D eigenvalue weighted by Gasteiger charge is -2.37. The van der Waals surface area contributed by atoms with Crippen molar-refractivity contribution in [1.29, 1.82) is 0 Å². The zero-order chi connectivity index (χ0) is 30.4. The highest BCUT2D eigenvalue weighted by atomic mass is 32.2. The van der Waals surface area contributed by atoms with Gasteiger partial charge in [-0.15, -0.1) is 0 Å². The van der Waals surface area contributed by atoms with Crippen LogP contribution in [0.3, 0.4) is 0 Å². The molecular weight excluding hydrogens is 564 g/mol. The first-order valence-electron chi connectivity index (χ1n) is 15.5. The quantitative estimate of drug-likeness (QED) is 0.419. The van der Waals surface area contributed by atoms with Crippen LogP contribution in [0.2, 0.25) is 0 Å². The van der Waals surface area contributed by atoms with Crippen LogP contribution < -0.4 is 14.8 Å². The number of nitrogens with one attached hydrogen (secondary N) is 2. The van der Waals surface area contributed by atoms with E-state index in [-0.39, 0.29) is 17.9 Å². The molecule has 0 unspecified atom stereocenters. The van der Waals surface area contributed by atoms with Gasteiger partial charge in [0.25, 0.3) is 5.91 Å². The van der Waals surface area contributed by atoms with E-state index in [1.165, 1.54) is 35.9 Å². The molecule has 9 nitrogen and oxygen atoms in total. The summed E-state index contributed by atoms with van der Waals surface area (Å²) in [6.45, 7) is 5.55. The van der Waals surface area contributed by atoms with Gasteiger partial charge in [-0.05, 0) is 75.3 Å². The maximum atomic E-state index is 13.7. The SMILES string of the molecule is CC(C)(NC(=O)c1ccc2c(C3CCCCC3)c3n(c2c1)CCOc1ccccc1-3)C(=O)N1CCC(NS(C)(=O)=O)CC1. The van der Waals surface area contributed by atoms with Crippen molar-refractivity contribution >= 4 is 32.7 Å². The van der Waals surface area contributed by atoms with Gasteiger partial charge in [0.2, 0.25) is 15.9 Å². The molecular formula is C33H42N4O5S. The Labute approximate surface area is 254 Å². The zero-order valence-corrected chi connectivity index (χ0v) is 26.1. The van der Waals surface area contributed by atoms with Crippen LogP contribution in [-0.2, 0) is 21.4 Å². The van der Waals surface area contributed by atoms with Crippen LogP contribution in [0, 0.1) is 0 Å². The number of fused-ring (bicyclic) bond motifs is 5. The van der Waals surface area contributed by atoms with Crippen molar-refractivity contribution in [3.63, 3.8) is 0 Å². The summed E-state index contributed by atoms with van der Waals surface area (Å²) >= 11 is 0. The molecule has 2 fully saturated rings. The number of para-hydroxylation sites is 1. The van der Waals surface area contributed by atoms with Crippen molar-refractivity contribution in [2.24, 2.45) is 0 Å². The van der Waals surface area contributed by atoms with Crippen molar-refractivity contribution in [3.05, 3.63) is 53.6 Å². The Hall–Kier alpha value is -3.37. The standard InChI is InChI=1S/C33H42N4O5S/c1-33(2,32(39)36-17-15-24(16-18-36)35-43(3,40)41)34-31(38)23-13-14-25-27(21-23)37-19-20-42-28-12-8-7-11-26(28)30(37)29(25)22-9-5-4-6-10-22/h7-8,11-14,21-22,24,35H,4-6,9-10,15-20H2,1-3H3,(H,34,38). The number of benzene rings is 2. The molecule has 10 heteroatoms. The van der Waals surface area contributed by atoms with Gasteiger partial charge in [-0.3, -0.25) is 9.59 Å². The molecule has 1 aliphatic carbocycles. The summed E-state index contributed by atoms with van der Waals surface area (Å²) in [6.07, 6.45) is 8.27. The monoisotopic (exact) mass is 606 g/mol. The van der Waals surface area contributed by atoms with Crippen LogP contribution in [0.15, 0.2) is 42.5 Å². The first kappa shape index (κ1) is 29.7. The summed E-state index contributed by atoms with van der Waals surface area (Å²) in [7, 11) is -3.30. The third kappa shape index (κ3) is 6.04. The van der Waals surface area contributed by atoms with Crippen molar-refractivity contribution < 1.29 is 22.7 Å². The van der Waals surface area contributed by atoms with Crippen molar-refractivity contribution in [2.45, 2.75) is 82.8 Å². The van der Waals surface area contributed by atoms with Crippen LogP contribution >= 0.6 is 0 Å². The second-order valence-corrected chi connectivity index (χ2v) is 14.6. The second-order valence-electron chi connectivity index (χ2n) is 12.9. The lowest BCUT2D eigenvalue weighted by Crippen LogP contribution is -2.58. The Balaban J connectivity index is 1.28. The number of hydrogen-bond donors (Lipinski definition) is 2. The average Bonchev–Trinajstić information content (AvgIpc) is 3.17. The van der Waals surface area contributed by atoms with Gasteiger partial charge in [-0.1, -0.05) is 37.5 Å². The topological polar surface area (TPSA) is 110 Å². The molecule has 2 aliphatic heterocycles. The van der Waals surface area contributed by atoms with Gasteiger partial charge >= 0.3 is 0 Å². The van der Waals surface area contributed by atoms with Crippen LogP contribution in [-0.4, -0.2) is 67.2 Å². The smallest absolute Gasteiger partial charge is 0.252 e. The summed E-state index contributed by atoms with van der Waals surface area (Å²) in [4.78, 5) is 28.8. The molecule has 1 saturated heterocycles. The van der Waals surface area contributed by atoms with E-state index in [1.807, 2.05) is 24.3 Å². The van der Waals surface area contributed by atoms with Crippen LogP contribution in [0.4, 0.5) is 0 Å². The molecule has 1 saturated carbocycles. The van der Waals surface area contributed by atoms with E-state index in [0.717, 1.165) is 35.9 Å². The molecule has 3 heterocycles. The highest BCUT2D eigenvalue weighted by molar-refractivity contribution is 7.88. The number of carbonyl (C=O) groups is 2. The molecule has 0 bridgehead atoms. The first-order valence-corrected chi connectivity index (χ1v) is 17.4. The number of hydrogen-bond acceptors (Lipinski definition) is 5. The van der Waals surface area contributed by atoms with Crippen molar-refractivity contribution in [3.8, 4) is 17.0 Å². The highest BCUT2D eigenvalue weighted by Gasteiger charge is 2.36. The highest BCUT2D eigenvalue weighted by Crippen LogP contribution is 2.47. The predicted octanol–water partition coefficient (Wildman–Crippen LogP) is 4.80. The predicted molar refractivity (Wildman–Crippen MR) is 168 cm³/mol. The normalized spacial score (nSPS) is 18.4. The molecule has 2 aromatic carbocycles. The molecule has 3 aliphatic rings. The summed E-state index contributed by atoms with van der Waals surface area (Å²) in [5.41, 5.74) is 4.08. The minimum atomic E-state index is -3.30. The summed E-state index contributed by atoms with van der Waals surface area (Å²) in [6, 6.07) is 14.0. The van der Waals surface area contributed by atoms with Gasteiger partial charge in [0, 0.05) is 41.2 Å². The minimum absolute atomic E-state index is 0.176. The third-order valence-corrected chi connectivity index (χ3v) is 9.98. The number of piperidine rings is 1. The second kappa shape index (κ2) is 11.6. The molecule has 3 aromatic rings. The van der Waals surface area contributed by atoms with Crippen LogP contribution in [0.1, 0.15) is 80.6 Å². The van der Waals surface area contributed by atoms with Crippen molar-refractivity contribution in [1.82, 2.24) is 19.5 Å². The van der Waals surface area contributed by atoms with Gasteiger partial charge in [-0.2, -0.15) is 0 Å². The Kier molecular flexibility index (Phi) is 8.02.